The predicted octanol–water partition coefficient (Wildman–Crippen LogP) is 10.7. The number of unbranched alkanes of at least 4 members (excludes halogenated alkanes) is 21. The molecule has 0 heterocycles. The lowest BCUT2D eigenvalue weighted by atomic mass is 10.1. The molecule has 246 valence electrons. The first kappa shape index (κ1) is 40.6. The summed E-state index contributed by atoms with van der Waals surface area (Å²) >= 11 is 0. The van der Waals surface area contributed by atoms with E-state index in [4.69, 9.17) is 0 Å². The number of rotatable bonds is 32. The Labute approximate surface area is 261 Å². The molecule has 0 saturated heterocycles. The maximum Gasteiger partial charge on any atom is 0.220 e. The minimum absolute atomic E-state index is 0.0847. The zero-order chi connectivity index (χ0) is 30.8. The van der Waals surface area contributed by atoms with Gasteiger partial charge in [0.2, 0.25) is 5.91 Å². The molecule has 0 aliphatic carbocycles. The van der Waals surface area contributed by atoms with Gasteiger partial charge < -0.3 is 15.5 Å². The van der Waals surface area contributed by atoms with Crippen molar-refractivity contribution in [3.8, 4) is 0 Å². The zero-order valence-electron chi connectivity index (χ0n) is 28.0. The summed E-state index contributed by atoms with van der Waals surface area (Å²) in [4.78, 5) is 12.3. The summed E-state index contributed by atoms with van der Waals surface area (Å²) in [5.74, 6) is -0.0847. The van der Waals surface area contributed by atoms with E-state index in [1.54, 1.807) is 6.08 Å². The normalized spacial score (nSPS) is 13.5. The Bertz CT molecular complexity index is 642. The Balaban J connectivity index is 3.70. The molecular formula is C38H71NO3. The number of aliphatic hydroxyl groups excluding tert-OH is 2. The van der Waals surface area contributed by atoms with E-state index < -0.39 is 12.1 Å². The minimum atomic E-state index is -0.862. The summed E-state index contributed by atoms with van der Waals surface area (Å²) in [6.45, 7) is 4.27. The number of amides is 1. The molecule has 2 atom stereocenters. The Morgan fingerprint density at radius 2 is 0.929 bits per heavy atom. The number of carbonyl (C=O) groups is 1. The largest absolute Gasteiger partial charge is 0.394 e. The van der Waals surface area contributed by atoms with Gasteiger partial charge in [-0.3, -0.25) is 4.79 Å². The summed E-state index contributed by atoms with van der Waals surface area (Å²) < 4.78 is 0. The molecule has 0 fully saturated rings. The number of allylic oxidation sites excluding steroid dienone is 5. The van der Waals surface area contributed by atoms with Gasteiger partial charge in [0.1, 0.15) is 0 Å². The van der Waals surface area contributed by atoms with Crippen molar-refractivity contribution in [2.24, 2.45) is 0 Å². The van der Waals surface area contributed by atoms with Gasteiger partial charge in [-0.2, -0.15) is 0 Å². The van der Waals surface area contributed by atoms with Crippen LogP contribution < -0.4 is 5.32 Å². The molecule has 4 heteroatoms. The highest BCUT2D eigenvalue weighted by Gasteiger charge is 2.17. The Hall–Kier alpha value is -1.39. The Morgan fingerprint density at radius 3 is 1.38 bits per heavy atom. The van der Waals surface area contributed by atoms with E-state index >= 15 is 0 Å². The second kappa shape index (κ2) is 34.1. The summed E-state index contributed by atoms with van der Waals surface area (Å²) in [5.41, 5.74) is 0. The van der Waals surface area contributed by atoms with Crippen molar-refractivity contribution in [2.75, 3.05) is 6.61 Å². The van der Waals surface area contributed by atoms with Crippen LogP contribution in [-0.2, 0) is 4.79 Å². The first-order chi connectivity index (χ1) is 20.7. The fraction of sp³-hybridized carbons (Fsp3) is 0.816. The fourth-order valence-electron chi connectivity index (χ4n) is 5.25. The SMILES string of the molecule is CCCCCCCC/C=C\CCCCCCCC(=O)NC(CO)C(O)/C=C/CC/C=C/CCCCCCCCCCC. The number of hydrogen-bond donors (Lipinski definition) is 3. The molecular weight excluding hydrogens is 518 g/mol. The highest BCUT2D eigenvalue weighted by Crippen LogP contribution is 2.12. The monoisotopic (exact) mass is 590 g/mol. The first-order valence-electron chi connectivity index (χ1n) is 18.2. The summed E-state index contributed by atoms with van der Waals surface area (Å²) in [6.07, 6.45) is 43.7. The fourth-order valence-corrected chi connectivity index (χ4v) is 5.25. The van der Waals surface area contributed by atoms with Crippen LogP contribution in [0.1, 0.15) is 181 Å². The van der Waals surface area contributed by atoms with Crippen molar-refractivity contribution in [3.05, 3.63) is 36.5 Å². The van der Waals surface area contributed by atoms with Gasteiger partial charge in [-0.25, -0.2) is 0 Å². The van der Waals surface area contributed by atoms with Gasteiger partial charge in [-0.1, -0.05) is 153 Å². The van der Waals surface area contributed by atoms with Crippen molar-refractivity contribution in [2.45, 2.75) is 193 Å². The lowest BCUT2D eigenvalue weighted by Crippen LogP contribution is -2.45. The molecule has 0 saturated carbocycles. The van der Waals surface area contributed by atoms with Gasteiger partial charge in [-0.05, 0) is 57.8 Å². The Morgan fingerprint density at radius 1 is 0.548 bits per heavy atom. The quantitative estimate of drug-likeness (QED) is 0.0540. The molecule has 2 unspecified atom stereocenters. The predicted molar refractivity (Wildman–Crippen MR) is 184 cm³/mol. The van der Waals surface area contributed by atoms with Crippen molar-refractivity contribution in [1.82, 2.24) is 5.32 Å². The van der Waals surface area contributed by atoms with Crippen LogP contribution in [0.15, 0.2) is 36.5 Å². The number of nitrogens with one attached hydrogen (secondary N) is 1. The Kier molecular flexibility index (Phi) is 33.0. The molecule has 0 aromatic carbocycles. The van der Waals surface area contributed by atoms with Crippen LogP contribution in [0.3, 0.4) is 0 Å². The number of aliphatic hydroxyl groups is 2. The maximum absolute atomic E-state index is 12.3. The van der Waals surface area contributed by atoms with E-state index in [0.29, 0.717) is 6.42 Å². The van der Waals surface area contributed by atoms with E-state index in [0.717, 1.165) is 44.9 Å². The van der Waals surface area contributed by atoms with Crippen molar-refractivity contribution < 1.29 is 15.0 Å². The second-order valence-electron chi connectivity index (χ2n) is 12.3. The van der Waals surface area contributed by atoms with E-state index in [2.05, 4.69) is 43.5 Å². The van der Waals surface area contributed by atoms with Crippen LogP contribution in [0, 0.1) is 0 Å². The third kappa shape index (κ3) is 30.1. The van der Waals surface area contributed by atoms with E-state index in [1.165, 1.54) is 116 Å². The van der Waals surface area contributed by atoms with Gasteiger partial charge in [-0.15, -0.1) is 0 Å². The summed E-state index contributed by atoms with van der Waals surface area (Å²) in [7, 11) is 0. The number of carbonyl (C=O) groups excluding carboxylic acids is 1. The summed E-state index contributed by atoms with van der Waals surface area (Å²) in [6, 6.07) is -0.640. The molecule has 3 N–H and O–H groups in total. The van der Waals surface area contributed by atoms with Crippen LogP contribution >= 0.6 is 0 Å². The topological polar surface area (TPSA) is 69.6 Å². The van der Waals surface area contributed by atoms with Gasteiger partial charge in [0.15, 0.2) is 0 Å². The smallest absolute Gasteiger partial charge is 0.220 e. The first-order valence-corrected chi connectivity index (χ1v) is 18.2. The highest BCUT2D eigenvalue weighted by atomic mass is 16.3. The standard InChI is InChI=1S/C38H71NO3/c1-3-5-7-9-11-13-15-17-19-21-23-25-27-29-31-33-37(41)36(35-40)39-38(42)34-32-30-28-26-24-22-20-18-16-14-12-10-8-6-4-2/h18,20,23,25,31,33,36-37,40-41H,3-17,19,21-22,24,26-30,32,34-35H2,1-2H3,(H,39,42)/b20-18-,25-23+,33-31+. The molecule has 0 rings (SSSR count). The third-order valence-electron chi connectivity index (χ3n) is 8.10. The van der Waals surface area contributed by atoms with E-state index in [-0.39, 0.29) is 12.5 Å². The molecule has 0 aliphatic rings. The average Bonchev–Trinajstić information content (AvgIpc) is 2.99. The molecule has 0 aromatic rings. The molecule has 0 aromatic heterocycles. The maximum atomic E-state index is 12.3. The molecule has 0 aliphatic heterocycles. The third-order valence-corrected chi connectivity index (χ3v) is 8.10. The van der Waals surface area contributed by atoms with Crippen LogP contribution in [-0.4, -0.2) is 34.9 Å². The van der Waals surface area contributed by atoms with Crippen LogP contribution in [0.2, 0.25) is 0 Å². The average molecular weight is 590 g/mol. The highest BCUT2D eigenvalue weighted by molar-refractivity contribution is 5.76. The van der Waals surface area contributed by atoms with Crippen molar-refractivity contribution >= 4 is 5.91 Å². The zero-order valence-corrected chi connectivity index (χ0v) is 28.0. The van der Waals surface area contributed by atoms with Gasteiger partial charge in [0.25, 0.3) is 0 Å². The van der Waals surface area contributed by atoms with Gasteiger partial charge >= 0.3 is 0 Å². The van der Waals surface area contributed by atoms with Crippen LogP contribution in [0.4, 0.5) is 0 Å². The lowest BCUT2D eigenvalue weighted by molar-refractivity contribution is -0.123. The molecule has 0 bridgehead atoms. The molecule has 0 spiro atoms. The van der Waals surface area contributed by atoms with Crippen LogP contribution in [0.25, 0.3) is 0 Å². The number of hydrogen-bond acceptors (Lipinski definition) is 3. The lowest BCUT2D eigenvalue weighted by Gasteiger charge is -2.19. The molecule has 4 nitrogen and oxygen atoms in total. The van der Waals surface area contributed by atoms with Crippen molar-refractivity contribution in [3.63, 3.8) is 0 Å². The van der Waals surface area contributed by atoms with Gasteiger partial charge in [0.05, 0.1) is 18.8 Å². The van der Waals surface area contributed by atoms with Gasteiger partial charge in [0, 0.05) is 6.42 Å². The summed E-state index contributed by atoms with van der Waals surface area (Å²) in [5, 5.41) is 22.8. The molecule has 42 heavy (non-hydrogen) atoms. The molecule has 0 radical (unpaired) electrons. The minimum Gasteiger partial charge on any atom is -0.394 e. The van der Waals surface area contributed by atoms with Crippen LogP contribution in [0.5, 0.6) is 0 Å². The molecule has 1 amide bonds. The van der Waals surface area contributed by atoms with E-state index in [1.807, 2.05) is 6.08 Å². The second-order valence-corrected chi connectivity index (χ2v) is 12.3. The van der Waals surface area contributed by atoms with Crippen molar-refractivity contribution in [1.29, 1.82) is 0 Å². The van der Waals surface area contributed by atoms with E-state index in [9.17, 15) is 15.0 Å².